The van der Waals surface area contributed by atoms with Crippen molar-refractivity contribution < 1.29 is 4.79 Å². The van der Waals surface area contributed by atoms with Gasteiger partial charge in [0.05, 0.1) is 0 Å². The Hall–Kier alpha value is -1.15. The highest BCUT2D eigenvalue weighted by molar-refractivity contribution is 5.96. The molecule has 106 valence electrons. The summed E-state index contributed by atoms with van der Waals surface area (Å²) in [5.74, 6) is 0.258. The molecule has 0 aliphatic rings. The third-order valence-corrected chi connectivity index (χ3v) is 3.35. The van der Waals surface area contributed by atoms with Crippen LogP contribution in [-0.2, 0) is 12.8 Å². The Balaban J connectivity index is 2.84. The van der Waals surface area contributed by atoms with Crippen LogP contribution < -0.4 is 0 Å². The third-order valence-electron chi connectivity index (χ3n) is 3.35. The lowest BCUT2D eigenvalue weighted by atomic mass is 9.95. The Morgan fingerprint density at radius 2 is 1.68 bits per heavy atom. The first-order valence-corrected chi connectivity index (χ1v) is 7.38. The van der Waals surface area contributed by atoms with Crippen LogP contribution in [0, 0.1) is 0 Å². The zero-order chi connectivity index (χ0) is 14.3. The molecule has 1 aromatic carbocycles. The molecule has 0 aromatic heterocycles. The van der Waals surface area contributed by atoms with Crippen molar-refractivity contribution in [2.75, 3.05) is 20.6 Å². The van der Waals surface area contributed by atoms with E-state index < -0.39 is 0 Å². The minimum absolute atomic E-state index is 0.258. The van der Waals surface area contributed by atoms with E-state index in [9.17, 15) is 4.79 Å². The average Bonchev–Trinajstić information content (AvgIpc) is 2.38. The number of hydrogen-bond donors (Lipinski definition) is 0. The lowest BCUT2D eigenvalue weighted by molar-refractivity contribution is 0.0972. The summed E-state index contributed by atoms with van der Waals surface area (Å²) in [5, 5.41) is 0. The van der Waals surface area contributed by atoms with E-state index in [1.807, 2.05) is 20.2 Å². The quantitative estimate of drug-likeness (QED) is 0.665. The molecule has 0 atom stereocenters. The second-order valence-electron chi connectivity index (χ2n) is 5.46. The Labute approximate surface area is 117 Å². The summed E-state index contributed by atoms with van der Waals surface area (Å²) < 4.78 is 0. The maximum Gasteiger partial charge on any atom is 0.164 e. The lowest BCUT2D eigenvalue weighted by Gasteiger charge is -2.12. The van der Waals surface area contributed by atoms with Gasteiger partial charge in [-0.1, -0.05) is 38.8 Å². The number of benzene rings is 1. The van der Waals surface area contributed by atoms with Crippen LogP contribution in [0.1, 0.15) is 54.6 Å². The van der Waals surface area contributed by atoms with Gasteiger partial charge in [0.15, 0.2) is 5.78 Å². The number of hydrogen-bond acceptors (Lipinski definition) is 2. The molecule has 0 N–H and O–H groups in total. The third kappa shape index (κ3) is 5.15. The van der Waals surface area contributed by atoms with Crippen LogP contribution in [0.15, 0.2) is 18.2 Å². The molecule has 2 nitrogen and oxygen atoms in total. The van der Waals surface area contributed by atoms with Crippen LogP contribution in [0.3, 0.4) is 0 Å². The zero-order valence-corrected chi connectivity index (χ0v) is 12.8. The minimum atomic E-state index is 0.258. The predicted molar refractivity (Wildman–Crippen MR) is 81.9 cm³/mol. The Morgan fingerprint density at radius 1 is 1.05 bits per heavy atom. The van der Waals surface area contributed by atoms with E-state index in [4.69, 9.17) is 0 Å². The fourth-order valence-corrected chi connectivity index (χ4v) is 2.28. The first kappa shape index (κ1) is 15.9. The molecule has 0 saturated carbocycles. The molecular weight excluding hydrogens is 234 g/mol. The molecule has 0 spiro atoms. The van der Waals surface area contributed by atoms with E-state index in [2.05, 4.69) is 30.9 Å². The van der Waals surface area contributed by atoms with Crippen molar-refractivity contribution in [3.63, 3.8) is 0 Å². The largest absolute Gasteiger partial charge is 0.309 e. The molecule has 0 fully saturated rings. The summed E-state index contributed by atoms with van der Waals surface area (Å²) in [4.78, 5) is 14.2. The molecule has 19 heavy (non-hydrogen) atoms. The minimum Gasteiger partial charge on any atom is -0.309 e. The van der Waals surface area contributed by atoms with Crippen LogP contribution in [0.4, 0.5) is 0 Å². The topological polar surface area (TPSA) is 20.3 Å². The SMILES string of the molecule is CCCc1ccc(C(=O)CCN(C)C)cc1CCC. The summed E-state index contributed by atoms with van der Waals surface area (Å²) >= 11 is 0. The van der Waals surface area contributed by atoms with Gasteiger partial charge >= 0.3 is 0 Å². The van der Waals surface area contributed by atoms with Crippen LogP contribution in [0.5, 0.6) is 0 Å². The molecule has 1 rings (SSSR count). The van der Waals surface area contributed by atoms with Gasteiger partial charge in [-0.2, -0.15) is 0 Å². The van der Waals surface area contributed by atoms with Crippen molar-refractivity contribution >= 4 is 5.78 Å². The van der Waals surface area contributed by atoms with Crippen molar-refractivity contribution in [1.29, 1.82) is 0 Å². The molecule has 1 aromatic rings. The summed E-state index contributed by atoms with van der Waals surface area (Å²) in [6.45, 7) is 5.21. The fourth-order valence-electron chi connectivity index (χ4n) is 2.28. The summed E-state index contributed by atoms with van der Waals surface area (Å²) in [7, 11) is 4.00. The summed E-state index contributed by atoms with van der Waals surface area (Å²) in [5.41, 5.74) is 3.65. The maximum atomic E-state index is 12.1. The van der Waals surface area contributed by atoms with Crippen molar-refractivity contribution in [3.05, 3.63) is 34.9 Å². The molecule has 2 heteroatoms. The lowest BCUT2D eigenvalue weighted by Crippen LogP contribution is -2.16. The number of carbonyl (C=O) groups excluding carboxylic acids is 1. The monoisotopic (exact) mass is 261 g/mol. The molecule has 0 saturated heterocycles. The van der Waals surface area contributed by atoms with Gasteiger partial charge in [0, 0.05) is 18.5 Å². The van der Waals surface area contributed by atoms with E-state index in [0.29, 0.717) is 6.42 Å². The van der Waals surface area contributed by atoms with Gasteiger partial charge in [-0.15, -0.1) is 0 Å². The van der Waals surface area contributed by atoms with Gasteiger partial charge in [0.2, 0.25) is 0 Å². The standard InChI is InChI=1S/C17H27NO/c1-5-7-14-9-10-16(13-15(14)8-6-2)17(19)11-12-18(3)4/h9-10,13H,5-8,11-12H2,1-4H3. The number of carbonyl (C=O) groups is 1. The molecule has 0 heterocycles. The Morgan fingerprint density at radius 3 is 2.26 bits per heavy atom. The number of nitrogens with zero attached hydrogens (tertiary/aromatic N) is 1. The second kappa shape index (κ2) is 8.11. The van der Waals surface area contributed by atoms with Crippen molar-refractivity contribution in [3.8, 4) is 0 Å². The van der Waals surface area contributed by atoms with Gasteiger partial charge in [0.1, 0.15) is 0 Å². The highest BCUT2D eigenvalue weighted by Gasteiger charge is 2.09. The van der Waals surface area contributed by atoms with E-state index in [0.717, 1.165) is 37.8 Å². The van der Waals surface area contributed by atoms with Gasteiger partial charge in [-0.25, -0.2) is 0 Å². The van der Waals surface area contributed by atoms with Crippen molar-refractivity contribution in [2.24, 2.45) is 0 Å². The van der Waals surface area contributed by atoms with Gasteiger partial charge < -0.3 is 4.90 Å². The van der Waals surface area contributed by atoms with Crippen LogP contribution >= 0.6 is 0 Å². The smallest absolute Gasteiger partial charge is 0.164 e. The maximum absolute atomic E-state index is 12.1. The molecule has 0 radical (unpaired) electrons. The zero-order valence-electron chi connectivity index (χ0n) is 12.8. The van der Waals surface area contributed by atoms with Gasteiger partial charge in [0.25, 0.3) is 0 Å². The first-order chi connectivity index (χ1) is 9.08. The number of aryl methyl sites for hydroxylation is 2. The Kier molecular flexibility index (Phi) is 6.79. The average molecular weight is 261 g/mol. The van der Waals surface area contributed by atoms with Crippen LogP contribution in [-0.4, -0.2) is 31.3 Å². The molecule has 0 bridgehead atoms. The second-order valence-corrected chi connectivity index (χ2v) is 5.46. The van der Waals surface area contributed by atoms with E-state index >= 15 is 0 Å². The summed E-state index contributed by atoms with van der Waals surface area (Å²) in [6.07, 6.45) is 5.08. The Bertz CT molecular complexity index is 410. The van der Waals surface area contributed by atoms with Crippen LogP contribution in [0.2, 0.25) is 0 Å². The van der Waals surface area contributed by atoms with E-state index in [-0.39, 0.29) is 5.78 Å². The van der Waals surface area contributed by atoms with E-state index in [1.54, 1.807) is 0 Å². The molecular formula is C17H27NO. The molecule has 0 aliphatic heterocycles. The van der Waals surface area contributed by atoms with Crippen LogP contribution in [0.25, 0.3) is 0 Å². The van der Waals surface area contributed by atoms with Crippen molar-refractivity contribution in [2.45, 2.75) is 46.0 Å². The van der Waals surface area contributed by atoms with E-state index in [1.165, 1.54) is 11.1 Å². The highest BCUT2D eigenvalue weighted by Crippen LogP contribution is 2.17. The van der Waals surface area contributed by atoms with Gasteiger partial charge in [-0.05, 0) is 44.1 Å². The number of rotatable bonds is 8. The molecule has 0 aliphatic carbocycles. The number of ketones is 1. The number of Topliss-reactive ketones (excluding diaryl/α,β-unsaturated/α-hetero) is 1. The first-order valence-electron chi connectivity index (χ1n) is 7.38. The fraction of sp³-hybridized carbons (Fsp3) is 0.588. The summed E-state index contributed by atoms with van der Waals surface area (Å²) in [6, 6.07) is 6.27. The molecule has 0 amide bonds. The highest BCUT2D eigenvalue weighted by atomic mass is 16.1. The van der Waals surface area contributed by atoms with Gasteiger partial charge in [-0.3, -0.25) is 4.79 Å². The predicted octanol–water partition coefficient (Wildman–Crippen LogP) is 3.73. The normalized spacial score (nSPS) is 11.0. The van der Waals surface area contributed by atoms with Crippen molar-refractivity contribution in [1.82, 2.24) is 4.90 Å². The molecule has 0 unspecified atom stereocenters.